The van der Waals surface area contributed by atoms with Crippen molar-refractivity contribution in [3.63, 3.8) is 0 Å². The van der Waals surface area contributed by atoms with Crippen LogP contribution in [0.4, 0.5) is 0 Å². The summed E-state index contributed by atoms with van der Waals surface area (Å²) in [5, 5.41) is 9.30. The summed E-state index contributed by atoms with van der Waals surface area (Å²) in [5.74, 6) is -1.71. The number of carboxylic acid groups (broad SMARTS) is 1. The molecule has 25 heavy (non-hydrogen) atoms. The van der Waals surface area contributed by atoms with Gasteiger partial charge in [0.2, 0.25) is 0 Å². The first-order chi connectivity index (χ1) is 11.7. The van der Waals surface area contributed by atoms with Gasteiger partial charge in [0.15, 0.2) is 11.6 Å². The van der Waals surface area contributed by atoms with Crippen LogP contribution in [0.2, 0.25) is 5.02 Å². The van der Waals surface area contributed by atoms with Gasteiger partial charge in [-0.25, -0.2) is 0 Å². The van der Waals surface area contributed by atoms with Crippen LogP contribution in [-0.2, 0) is 16.0 Å². The molecule has 1 aromatic heterocycles. The van der Waals surface area contributed by atoms with E-state index in [-0.39, 0.29) is 12.2 Å². The minimum absolute atomic E-state index is 0.0531. The summed E-state index contributed by atoms with van der Waals surface area (Å²) in [6.07, 6.45) is -0.481. The Labute approximate surface area is 154 Å². The Morgan fingerprint density at radius 2 is 1.80 bits per heavy atom. The molecule has 0 aliphatic carbocycles. The average molecular weight is 380 g/mol. The Hall–Kier alpha value is -2.02. The highest BCUT2D eigenvalue weighted by Crippen LogP contribution is 2.30. The van der Waals surface area contributed by atoms with Gasteiger partial charge in [-0.1, -0.05) is 11.6 Å². The number of nitrogens with two attached hydrogens (primary N) is 1. The third-order valence-corrected chi connectivity index (χ3v) is 5.39. The lowest BCUT2D eigenvalue weighted by atomic mass is 9.96. The van der Waals surface area contributed by atoms with Gasteiger partial charge >= 0.3 is 5.97 Å². The normalized spacial score (nSPS) is 12.0. The third-order valence-electron chi connectivity index (χ3n) is 3.93. The van der Waals surface area contributed by atoms with Crippen LogP contribution in [0.15, 0.2) is 24.3 Å². The van der Waals surface area contributed by atoms with Gasteiger partial charge in [-0.2, -0.15) is 0 Å². The molecule has 1 atom stereocenters. The molecule has 0 amide bonds. The number of halogens is 1. The molecule has 0 saturated heterocycles. The van der Waals surface area contributed by atoms with E-state index in [1.165, 1.54) is 11.3 Å². The van der Waals surface area contributed by atoms with Crippen LogP contribution in [0.25, 0.3) is 0 Å². The number of carboxylic acids is 1. The van der Waals surface area contributed by atoms with Gasteiger partial charge in [-0.05, 0) is 43.7 Å². The number of ketones is 2. The third kappa shape index (κ3) is 4.54. The lowest BCUT2D eigenvalue weighted by Gasteiger charge is -2.09. The number of aryl methyl sites for hydroxylation is 1. The summed E-state index contributed by atoms with van der Waals surface area (Å²) in [6, 6.07) is 5.46. The van der Waals surface area contributed by atoms with Crippen LogP contribution in [0.1, 0.15) is 37.7 Å². The molecule has 0 aliphatic rings. The second kappa shape index (κ2) is 7.91. The van der Waals surface area contributed by atoms with E-state index in [9.17, 15) is 14.4 Å². The summed E-state index contributed by atoms with van der Waals surface area (Å²) in [6.45, 7) is 3.71. The molecule has 0 fully saturated rings. The van der Waals surface area contributed by atoms with E-state index < -0.39 is 24.2 Å². The zero-order chi connectivity index (χ0) is 18.7. The molecule has 0 saturated carbocycles. The van der Waals surface area contributed by atoms with E-state index in [1.807, 2.05) is 13.8 Å². The number of Topliss-reactive ketones (excluding diaryl/α,β-unsaturated/α-hetero) is 1. The molecule has 2 aromatic rings. The van der Waals surface area contributed by atoms with Crippen molar-refractivity contribution in [3.05, 3.63) is 55.7 Å². The van der Waals surface area contributed by atoms with Crippen LogP contribution in [0.5, 0.6) is 0 Å². The summed E-state index contributed by atoms with van der Waals surface area (Å²) < 4.78 is 0. The number of carbonyl (C=O) groups excluding carboxylic acids is 2. The number of benzene rings is 1. The Morgan fingerprint density at radius 3 is 2.36 bits per heavy atom. The van der Waals surface area contributed by atoms with Gasteiger partial charge < -0.3 is 10.8 Å². The topological polar surface area (TPSA) is 97.5 Å². The molecule has 0 bridgehead atoms. The lowest BCUT2D eigenvalue weighted by molar-refractivity contribution is -0.139. The number of aliphatic carboxylic acids is 1. The van der Waals surface area contributed by atoms with Crippen molar-refractivity contribution in [2.75, 3.05) is 0 Å². The average Bonchev–Trinajstić information content (AvgIpc) is 2.81. The minimum atomic E-state index is -1.13. The van der Waals surface area contributed by atoms with E-state index in [0.717, 1.165) is 10.4 Å². The molecule has 3 N–H and O–H groups in total. The van der Waals surface area contributed by atoms with Gasteiger partial charge in [0, 0.05) is 32.3 Å². The molecule has 0 spiro atoms. The molecular weight excluding hydrogens is 362 g/mol. The maximum Gasteiger partial charge on any atom is 0.305 e. The fraction of sp³-hybridized carbons (Fsp3) is 0.278. The Balaban J connectivity index is 2.33. The lowest BCUT2D eigenvalue weighted by Crippen LogP contribution is -2.34. The van der Waals surface area contributed by atoms with Crippen LogP contribution >= 0.6 is 22.9 Å². The Morgan fingerprint density at radius 1 is 1.20 bits per heavy atom. The maximum absolute atomic E-state index is 12.9. The molecule has 2 rings (SSSR count). The van der Waals surface area contributed by atoms with E-state index in [0.29, 0.717) is 21.0 Å². The summed E-state index contributed by atoms with van der Waals surface area (Å²) in [4.78, 5) is 37.3. The molecule has 1 heterocycles. The molecule has 5 nitrogen and oxygen atoms in total. The summed E-state index contributed by atoms with van der Waals surface area (Å²) in [5.41, 5.74) is 7.43. The predicted octanol–water partition coefficient (Wildman–Crippen LogP) is 3.16. The van der Waals surface area contributed by atoms with Crippen LogP contribution in [-0.4, -0.2) is 28.7 Å². The number of hydrogen-bond acceptors (Lipinski definition) is 5. The van der Waals surface area contributed by atoms with E-state index in [2.05, 4.69) is 0 Å². The molecule has 0 radical (unpaired) electrons. The standard InChI is InChI=1S/C18H18ClNO4S/c1-9-10(2)25-15(8-14(21)13(20)7-16(22)23)17(9)18(24)11-3-5-12(19)6-4-11/h3-6,13H,7-8,20H2,1-2H3,(H,22,23)/t13-/m0/s1. The van der Waals surface area contributed by atoms with Gasteiger partial charge in [0.05, 0.1) is 12.5 Å². The van der Waals surface area contributed by atoms with Gasteiger partial charge in [0.25, 0.3) is 0 Å². The quantitative estimate of drug-likeness (QED) is 0.720. The smallest absolute Gasteiger partial charge is 0.305 e. The minimum Gasteiger partial charge on any atom is -0.481 e. The highest BCUT2D eigenvalue weighted by atomic mass is 35.5. The van der Waals surface area contributed by atoms with Gasteiger partial charge in [-0.3, -0.25) is 14.4 Å². The zero-order valence-electron chi connectivity index (χ0n) is 13.8. The number of rotatable bonds is 7. The van der Waals surface area contributed by atoms with Crippen molar-refractivity contribution in [3.8, 4) is 0 Å². The van der Waals surface area contributed by atoms with Crippen molar-refractivity contribution in [2.24, 2.45) is 5.73 Å². The maximum atomic E-state index is 12.9. The molecule has 1 aromatic carbocycles. The fourth-order valence-corrected chi connectivity index (χ4v) is 3.77. The van der Waals surface area contributed by atoms with E-state index >= 15 is 0 Å². The Bertz CT molecular complexity index is 826. The summed E-state index contributed by atoms with van der Waals surface area (Å²) in [7, 11) is 0. The second-order valence-electron chi connectivity index (χ2n) is 5.76. The van der Waals surface area contributed by atoms with Crippen LogP contribution in [0, 0.1) is 13.8 Å². The number of thiophene rings is 1. The number of carbonyl (C=O) groups is 3. The van der Waals surface area contributed by atoms with E-state index in [4.69, 9.17) is 22.4 Å². The first-order valence-corrected chi connectivity index (χ1v) is 8.79. The summed E-state index contributed by atoms with van der Waals surface area (Å²) >= 11 is 7.22. The van der Waals surface area contributed by atoms with Gasteiger partial charge in [-0.15, -0.1) is 11.3 Å². The Kier molecular flexibility index (Phi) is 6.11. The van der Waals surface area contributed by atoms with Crippen molar-refractivity contribution in [2.45, 2.75) is 32.7 Å². The predicted molar refractivity (Wildman–Crippen MR) is 97.6 cm³/mol. The van der Waals surface area contributed by atoms with Crippen molar-refractivity contribution in [1.29, 1.82) is 0 Å². The largest absolute Gasteiger partial charge is 0.481 e. The SMILES string of the molecule is Cc1sc(CC(=O)[C@@H](N)CC(=O)O)c(C(=O)c2ccc(Cl)cc2)c1C. The number of hydrogen-bond donors (Lipinski definition) is 2. The molecular formula is C18H18ClNO4S. The fourth-order valence-electron chi connectivity index (χ4n) is 2.46. The highest BCUT2D eigenvalue weighted by molar-refractivity contribution is 7.12. The highest BCUT2D eigenvalue weighted by Gasteiger charge is 2.25. The zero-order valence-corrected chi connectivity index (χ0v) is 15.4. The molecule has 0 aliphatic heterocycles. The first kappa shape index (κ1) is 19.3. The van der Waals surface area contributed by atoms with Crippen molar-refractivity contribution >= 4 is 40.5 Å². The molecule has 0 unspecified atom stereocenters. The second-order valence-corrected chi connectivity index (χ2v) is 7.51. The monoisotopic (exact) mass is 379 g/mol. The van der Waals surface area contributed by atoms with Crippen LogP contribution in [0.3, 0.4) is 0 Å². The van der Waals surface area contributed by atoms with E-state index in [1.54, 1.807) is 24.3 Å². The first-order valence-electron chi connectivity index (χ1n) is 7.60. The molecule has 132 valence electrons. The molecule has 7 heteroatoms. The van der Waals surface area contributed by atoms with Crippen molar-refractivity contribution in [1.82, 2.24) is 0 Å². The van der Waals surface area contributed by atoms with Crippen LogP contribution < -0.4 is 5.73 Å². The van der Waals surface area contributed by atoms with Crippen molar-refractivity contribution < 1.29 is 19.5 Å². The van der Waals surface area contributed by atoms with Gasteiger partial charge in [0.1, 0.15) is 0 Å².